The van der Waals surface area contributed by atoms with Crippen molar-refractivity contribution in [1.29, 1.82) is 0 Å². The summed E-state index contributed by atoms with van der Waals surface area (Å²) in [6.07, 6.45) is 1.36. The van der Waals surface area contributed by atoms with Crippen molar-refractivity contribution < 1.29 is 4.79 Å². The average molecular weight is 360 g/mol. The summed E-state index contributed by atoms with van der Waals surface area (Å²) in [5.41, 5.74) is 1.31. The Bertz CT molecular complexity index is 602. The number of pyridine rings is 1. The van der Waals surface area contributed by atoms with Gasteiger partial charge in [0.1, 0.15) is 5.15 Å². The van der Waals surface area contributed by atoms with Crippen LogP contribution < -0.4 is 5.32 Å². The summed E-state index contributed by atoms with van der Waals surface area (Å²) in [6.45, 7) is 0.419. The van der Waals surface area contributed by atoms with Crippen LogP contribution in [-0.4, -0.2) is 10.9 Å². The molecule has 1 N–H and O–H groups in total. The maximum absolute atomic E-state index is 12.0. The third-order valence-electron chi connectivity index (χ3n) is 2.43. The molecule has 1 heterocycles. The molecule has 0 fully saturated rings. The number of nitrogens with zero attached hydrogens (tertiary/aromatic N) is 1. The molecule has 6 heteroatoms. The van der Waals surface area contributed by atoms with Crippen LogP contribution in [0, 0.1) is 0 Å². The van der Waals surface area contributed by atoms with Gasteiger partial charge in [-0.25, -0.2) is 4.98 Å². The van der Waals surface area contributed by atoms with Crippen LogP contribution in [0.25, 0.3) is 0 Å². The van der Waals surface area contributed by atoms with Crippen molar-refractivity contribution >= 4 is 45.0 Å². The predicted molar refractivity (Wildman–Crippen MR) is 79.6 cm³/mol. The lowest BCUT2D eigenvalue weighted by Gasteiger charge is -2.07. The molecule has 98 valence electrons. The summed E-state index contributed by atoms with van der Waals surface area (Å²) >= 11 is 15.0. The van der Waals surface area contributed by atoms with Gasteiger partial charge in [0.05, 0.1) is 10.6 Å². The van der Waals surface area contributed by atoms with E-state index < -0.39 is 0 Å². The molecule has 0 spiro atoms. The number of halogens is 3. The van der Waals surface area contributed by atoms with E-state index in [0.29, 0.717) is 12.1 Å². The molecule has 1 aromatic carbocycles. The summed E-state index contributed by atoms with van der Waals surface area (Å²) < 4.78 is 0.992. The Labute approximate surface area is 129 Å². The number of hydrogen-bond acceptors (Lipinski definition) is 2. The van der Waals surface area contributed by atoms with E-state index >= 15 is 0 Å². The molecule has 2 aromatic rings. The molecule has 0 unspecified atom stereocenters. The van der Waals surface area contributed by atoms with Crippen molar-refractivity contribution in [3.05, 3.63) is 62.3 Å². The first-order valence-electron chi connectivity index (χ1n) is 5.40. The van der Waals surface area contributed by atoms with E-state index in [2.05, 4.69) is 26.2 Å². The highest BCUT2D eigenvalue weighted by Gasteiger charge is 2.11. The van der Waals surface area contributed by atoms with Gasteiger partial charge in [-0.3, -0.25) is 4.79 Å². The van der Waals surface area contributed by atoms with E-state index in [-0.39, 0.29) is 16.1 Å². The number of benzene rings is 1. The number of amides is 1. The summed E-state index contributed by atoms with van der Waals surface area (Å²) in [7, 11) is 0. The second-order valence-electron chi connectivity index (χ2n) is 3.80. The largest absolute Gasteiger partial charge is 0.348 e. The number of carbonyl (C=O) groups is 1. The van der Waals surface area contributed by atoms with Crippen LogP contribution in [0.1, 0.15) is 15.9 Å². The van der Waals surface area contributed by atoms with Gasteiger partial charge in [0.2, 0.25) is 0 Å². The lowest BCUT2D eigenvalue weighted by Crippen LogP contribution is -2.23. The van der Waals surface area contributed by atoms with Gasteiger partial charge in [-0.2, -0.15) is 0 Å². The number of aromatic nitrogens is 1. The fourth-order valence-electron chi connectivity index (χ4n) is 1.47. The van der Waals surface area contributed by atoms with E-state index in [1.807, 2.05) is 24.3 Å². The quantitative estimate of drug-likeness (QED) is 0.839. The number of hydrogen-bond donors (Lipinski definition) is 1. The van der Waals surface area contributed by atoms with Crippen LogP contribution >= 0.6 is 39.1 Å². The Balaban J connectivity index is 2.05. The molecular weight excluding hydrogens is 351 g/mol. The second kappa shape index (κ2) is 6.37. The Hall–Kier alpha value is -1.10. The van der Waals surface area contributed by atoms with Crippen molar-refractivity contribution in [2.45, 2.75) is 6.54 Å². The SMILES string of the molecule is O=C(NCc1ccc(Br)cc1)c1cc(Cl)ncc1Cl. The van der Waals surface area contributed by atoms with Crippen molar-refractivity contribution in [1.82, 2.24) is 10.3 Å². The van der Waals surface area contributed by atoms with E-state index in [1.54, 1.807) is 0 Å². The molecular formula is C13H9BrCl2N2O. The monoisotopic (exact) mass is 358 g/mol. The highest BCUT2D eigenvalue weighted by molar-refractivity contribution is 9.10. The van der Waals surface area contributed by atoms with Crippen LogP contribution in [0.2, 0.25) is 10.2 Å². The normalized spacial score (nSPS) is 10.3. The summed E-state index contributed by atoms with van der Waals surface area (Å²) in [5.74, 6) is -0.280. The minimum absolute atomic E-state index is 0.234. The zero-order valence-corrected chi connectivity index (χ0v) is 12.8. The molecule has 19 heavy (non-hydrogen) atoms. The number of nitrogens with one attached hydrogen (secondary N) is 1. The lowest BCUT2D eigenvalue weighted by atomic mass is 10.2. The van der Waals surface area contributed by atoms with Gasteiger partial charge in [-0.15, -0.1) is 0 Å². The highest BCUT2D eigenvalue weighted by Crippen LogP contribution is 2.18. The zero-order chi connectivity index (χ0) is 13.8. The number of carbonyl (C=O) groups excluding carboxylic acids is 1. The molecule has 1 aromatic heterocycles. The van der Waals surface area contributed by atoms with Crippen molar-refractivity contribution in [3.8, 4) is 0 Å². The molecule has 0 saturated heterocycles. The summed E-state index contributed by atoms with van der Waals surface area (Å²) in [6, 6.07) is 9.12. The third-order valence-corrected chi connectivity index (χ3v) is 3.47. The van der Waals surface area contributed by atoms with Gasteiger partial charge in [-0.05, 0) is 23.8 Å². The molecule has 0 radical (unpaired) electrons. The van der Waals surface area contributed by atoms with Gasteiger partial charge >= 0.3 is 0 Å². The average Bonchev–Trinajstić information content (AvgIpc) is 2.40. The Morgan fingerprint density at radius 2 is 1.95 bits per heavy atom. The van der Waals surface area contributed by atoms with E-state index in [9.17, 15) is 4.79 Å². The van der Waals surface area contributed by atoms with E-state index in [4.69, 9.17) is 23.2 Å². The first-order valence-corrected chi connectivity index (χ1v) is 6.95. The number of rotatable bonds is 3. The molecule has 0 aliphatic rings. The fourth-order valence-corrected chi connectivity index (χ4v) is 2.08. The van der Waals surface area contributed by atoms with E-state index in [0.717, 1.165) is 10.0 Å². The van der Waals surface area contributed by atoms with Crippen LogP contribution in [0.3, 0.4) is 0 Å². The van der Waals surface area contributed by atoms with Gasteiger partial charge in [-0.1, -0.05) is 51.3 Å². The highest BCUT2D eigenvalue weighted by atomic mass is 79.9. The van der Waals surface area contributed by atoms with Crippen molar-refractivity contribution in [2.24, 2.45) is 0 Å². The molecule has 2 rings (SSSR count). The second-order valence-corrected chi connectivity index (χ2v) is 5.51. The van der Waals surface area contributed by atoms with Gasteiger partial charge in [0.15, 0.2) is 0 Å². The fraction of sp³-hybridized carbons (Fsp3) is 0.0769. The summed E-state index contributed by atoms with van der Waals surface area (Å²) in [5, 5.41) is 3.29. The van der Waals surface area contributed by atoms with Gasteiger partial charge in [0, 0.05) is 17.2 Å². The van der Waals surface area contributed by atoms with Crippen LogP contribution in [0.5, 0.6) is 0 Å². The van der Waals surface area contributed by atoms with Gasteiger partial charge in [0.25, 0.3) is 5.91 Å². The van der Waals surface area contributed by atoms with Crippen LogP contribution in [0.4, 0.5) is 0 Å². The molecule has 0 saturated carbocycles. The Morgan fingerprint density at radius 1 is 1.26 bits per heavy atom. The molecule has 0 aliphatic heterocycles. The first kappa shape index (κ1) is 14.3. The van der Waals surface area contributed by atoms with Crippen LogP contribution in [-0.2, 0) is 6.54 Å². The molecule has 1 amide bonds. The maximum atomic E-state index is 12.0. The zero-order valence-electron chi connectivity index (χ0n) is 9.66. The minimum atomic E-state index is -0.280. The standard InChI is InChI=1S/C13H9BrCl2N2O/c14-9-3-1-8(2-4-9)6-18-13(19)10-5-12(16)17-7-11(10)15/h1-5,7H,6H2,(H,18,19). The van der Waals surface area contributed by atoms with E-state index in [1.165, 1.54) is 12.3 Å². The minimum Gasteiger partial charge on any atom is -0.348 e. The maximum Gasteiger partial charge on any atom is 0.253 e. The topological polar surface area (TPSA) is 42.0 Å². The Morgan fingerprint density at radius 3 is 2.63 bits per heavy atom. The van der Waals surface area contributed by atoms with Crippen LogP contribution in [0.15, 0.2) is 41.0 Å². The molecule has 3 nitrogen and oxygen atoms in total. The smallest absolute Gasteiger partial charge is 0.253 e. The molecule has 0 aliphatic carbocycles. The first-order chi connectivity index (χ1) is 9.06. The predicted octanol–water partition coefficient (Wildman–Crippen LogP) is 4.08. The molecule has 0 bridgehead atoms. The Kier molecular flexibility index (Phi) is 4.80. The summed E-state index contributed by atoms with van der Waals surface area (Å²) in [4.78, 5) is 15.8. The lowest BCUT2D eigenvalue weighted by molar-refractivity contribution is 0.0951. The van der Waals surface area contributed by atoms with Crippen molar-refractivity contribution in [3.63, 3.8) is 0 Å². The van der Waals surface area contributed by atoms with Gasteiger partial charge < -0.3 is 5.32 Å². The third kappa shape index (κ3) is 3.93. The van der Waals surface area contributed by atoms with Crippen molar-refractivity contribution in [2.75, 3.05) is 0 Å². The molecule has 0 atom stereocenters.